The quantitative estimate of drug-likeness (QED) is 0.200. The van der Waals surface area contributed by atoms with Crippen LogP contribution >= 0.6 is 27.5 Å². The standard InChI is InChI=1S/C24H15BrClF3N2O5/c1-2-22(32)23(13-30,14-4-3-5-16(25)10-14)36-21-12-17(7-8-19(21)31(33)34)35-20-9-6-15(11-18(20)26)24(27,28)29/h3-12H,2H2,1H3. The number of nitriles is 1. The van der Waals surface area contributed by atoms with Gasteiger partial charge in [-0.3, -0.25) is 14.9 Å². The van der Waals surface area contributed by atoms with Crippen molar-refractivity contribution in [3.8, 4) is 23.3 Å². The first kappa shape index (κ1) is 27.0. The molecule has 3 rings (SSSR count). The lowest BCUT2D eigenvalue weighted by atomic mass is 9.89. The molecule has 0 aliphatic carbocycles. The van der Waals surface area contributed by atoms with Gasteiger partial charge in [-0.05, 0) is 36.4 Å². The van der Waals surface area contributed by atoms with Crippen LogP contribution in [0.4, 0.5) is 18.9 Å². The molecule has 36 heavy (non-hydrogen) atoms. The zero-order valence-electron chi connectivity index (χ0n) is 18.3. The van der Waals surface area contributed by atoms with Crippen LogP contribution in [-0.2, 0) is 16.6 Å². The van der Waals surface area contributed by atoms with Crippen LogP contribution in [0.25, 0.3) is 0 Å². The Morgan fingerprint density at radius 2 is 1.83 bits per heavy atom. The number of Topliss-reactive ketones (excluding diaryl/α,β-unsaturated/α-hetero) is 1. The molecule has 3 aromatic rings. The number of nitrogens with zero attached hydrogens (tertiary/aromatic N) is 2. The van der Waals surface area contributed by atoms with Crippen molar-refractivity contribution in [1.29, 1.82) is 5.26 Å². The molecule has 0 amide bonds. The minimum atomic E-state index is -4.62. The third kappa shape index (κ3) is 5.61. The van der Waals surface area contributed by atoms with Gasteiger partial charge >= 0.3 is 11.9 Å². The van der Waals surface area contributed by atoms with E-state index in [4.69, 9.17) is 21.1 Å². The van der Waals surface area contributed by atoms with Gasteiger partial charge < -0.3 is 9.47 Å². The van der Waals surface area contributed by atoms with Crippen molar-refractivity contribution >= 4 is 39.0 Å². The van der Waals surface area contributed by atoms with Crippen LogP contribution < -0.4 is 9.47 Å². The molecule has 186 valence electrons. The lowest BCUT2D eigenvalue weighted by molar-refractivity contribution is -0.386. The van der Waals surface area contributed by atoms with Crippen molar-refractivity contribution < 1.29 is 32.4 Å². The maximum absolute atomic E-state index is 12.9. The molecule has 7 nitrogen and oxygen atoms in total. The average Bonchev–Trinajstić information content (AvgIpc) is 2.82. The number of carbonyl (C=O) groups is 1. The van der Waals surface area contributed by atoms with Crippen molar-refractivity contribution in [3.63, 3.8) is 0 Å². The summed E-state index contributed by atoms with van der Waals surface area (Å²) in [7, 11) is 0. The van der Waals surface area contributed by atoms with E-state index in [-0.39, 0.29) is 28.5 Å². The molecule has 0 N–H and O–H groups in total. The zero-order chi connectivity index (χ0) is 26.7. The normalized spacial score (nSPS) is 12.8. The van der Waals surface area contributed by atoms with Crippen LogP contribution in [0.1, 0.15) is 24.5 Å². The summed E-state index contributed by atoms with van der Waals surface area (Å²) in [6.07, 6.45) is -4.74. The Labute approximate surface area is 216 Å². The number of ether oxygens (including phenoxy) is 2. The van der Waals surface area contributed by atoms with Crippen molar-refractivity contribution in [3.05, 3.63) is 91.4 Å². The van der Waals surface area contributed by atoms with E-state index in [0.717, 1.165) is 24.3 Å². The van der Waals surface area contributed by atoms with E-state index in [1.807, 2.05) is 6.07 Å². The summed E-state index contributed by atoms with van der Waals surface area (Å²) in [6, 6.07) is 13.7. The molecular formula is C24H15BrClF3N2O5. The monoisotopic (exact) mass is 582 g/mol. The summed E-state index contributed by atoms with van der Waals surface area (Å²) in [5, 5.41) is 21.3. The van der Waals surface area contributed by atoms with Gasteiger partial charge in [0.2, 0.25) is 5.75 Å². The predicted molar refractivity (Wildman–Crippen MR) is 127 cm³/mol. The van der Waals surface area contributed by atoms with Gasteiger partial charge in [0.1, 0.15) is 17.6 Å². The van der Waals surface area contributed by atoms with E-state index in [2.05, 4.69) is 15.9 Å². The van der Waals surface area contributed by atoms with E-state index in [1.54, 1.807) is 12.1 Å². The van der Waals surface area contributed by atoms with Crippen molar-refractivity contribution in [2.24, 2.45) is 0 Å². The molecule has 0 aliphatic heterocycles. The molecule has 0 bridgehead atoms. The molecule has 3 aromatic carbocycles. The number of alkyl halides is 3. The number of carbonyl (C=O) groups excluding carboxylic acids is 1. The van der Waals surface area contributed by atoms with Crippen LogP contribution in [0.5, 0.6) is 17.2 Å². The summed E-state index contributed by atoms with van der Waals surface area (Å²) in [5.74, 6) is -1.38. The molecular weight excluding hydrogens is 569 g/mol. The van der Waals surface area contributed by atoms with Crippen LogP contribution in [0.2, 0.25) is 5.02 Å². The fourth-order valence-corrected chi connectivity index (χ4v) is 3.84. The van der Waals surface area contributed by atoms with Crippen molar-refractivity contribution in [2.45, 2.75) is 25.1 Å². The SMILES string of the molecule is CCC(=O)C(C#N)(Oc1cc(Oc2ccc(C(F)(F)F)cc2Cl)ccc1[N+](=O)[O-])c1cccc(Br)c1. The van der Waals surface area contributed by atoms with Gasteiger partial charge in [-0.1, -0.05) is 46.6 Å². The molecule has 0 heterocycles. The van der Waals surface area contributed by atoms with E-state index in [1.165, 1.54) is 25.1 Å². The predicted octanol–water partition coefficient (Wildman–Crippen LogP) is 7.60. The first-order chi connectivity index (χ1) is 16.9. The Bertz CT molecular complexity index is 1380. The van der Waals surface area contributed by atoms with Gasteiger partial charge in [-0.2, -0.15) is 18.4 Å². The van der Waals surface area contributed by atoms with E-state index in [9.17, 15) is 33.3 Å². The molecule has 0 radical (unpaired) electrons. The number of nitro groups is 1. The summed E-state index contributed by atoms with van der Waals surface area (Å²) < 4.78 is 50.6. The average molecular weight is 584 g/mol. The second-order valence-electron chi connectivity index (χ2n) is 7.31. The lowest BCUT2D eigenvalue weighted by Gasteiger charge is -2.26. The van der Waals surface area contributed by atoms with E-state index >= 15 is 0 Å². The fourth-order valence-electron chi connectivity index (χ4n) is 3.23. The summed E-state index contributed by atoms with van der Waals surface area (Å²) in [4.78, 5) is 23.8. The third-order valence-electron chi connectivity index (χ3n) is 4.98. The highest BCUT2D eigenvalue weighted by molar-refractivity contribution is 9.10. The van der Waals surface area contributed by atoms with Gasteiger partial charge in [0.05, 0.1) is 15.5 Å². The first-order valence-corrected chi connectivity index (χ1v) is 11.3. The molecule has 0 aromatic heterocycles. The van der Waals surface area contributed by atoms with Crippen LogP contribution in [-0.4, -0.2) is 10.7 Å². The second-order valence-corrected chi connectivity index (χ2v) is 8.64. The number of benzene rings is 3. The molecule has 0 saturated carbocycles. The highest BCUT2D eigenvalue weighted by atomic mass is 79.9. The third-order valence-corrected chi connectivity index (χ3v) is 5.77. The maximum atomic E-state index is 12.9. The van der Waals surface area contributed by atoms with Gasteiger partial charge in [0, 0.05) is 28.6 Å². The number of ketones is 1. The smallest absolute Gasteiger partial charge is 0.416 e. The largest absolute Gasteiger partial charge is 0.456 e. The number of rotatable bonds is 8. The lowest BCUT2D eigenvalue weighted by Crippen LogP contribution is -2.40. The van der Waals surface area contributed by atoms with E-state index < -0.39 is 39.5 Å². The van der Waals surface area contributed by atoms with Crippen molar-refractivity contribution in [2.75, 3.05) is 0 Å². The number of hydrogen-bond acceptors (Lipinski definition) is 6. The molecule has 0 spiro atoms. The highest BCUT2D eigenvalue weighted by Gasteiger charge is 2.44. The molecule has 1 atom stereocenters. The number of halogens is 5. The Balaban J connectivity index is 2.08. The molecule has 12 heteroatoms. The minimum absolute atomic E-state index is 0.0951. The Hall–Kier alpha value is -3.62. The van der Waals surface area contributed by atoms with Crippen LogP contribution in [0.15, 0.2) is 65.1 Å². The van der Waals surface area contributed by atoms with Crippen LogP contribution in [0, 0.1) is 21.4 Å². The van der Waals surface area contributed by atoms with E-state index in [0.29, 0.717) is 10.5 Å². The maximum Gasteiger partial charge on any atom is 0.416 e. The number of nitro benzene ring substituents is 1. The second kappa shape index (κ2) is 10.6. The van der Waals surface area contributed by atoms with Gasteiger partial charge in [0.25, 0.3) is 5.60 Å². The van der Waals surface area contributed by atoms with Crippen molar-refractivity contribution in [1.82, 2.24) is 0 Å². The van der Waals surface area contributed by atoms with Gasteiger partial charge in [-0.25, -0.2) is 0 Å². The minimum Gasteiger partial charge on any atom is -0.456 e. The van der Waals surface area contributed by atoms with Gasteiger partial charge in [0.15, 0.2) is 5.78 Å². The molecule has 0 fully saturated rings. The topological polar surface area (TPSA) is 102 Å². The van der Waals surface area contributed by atoms with Crippen LogP contribution in [0.3, 0.4) is 0 Å². The first-order valence-electron chi connectivity index (χ1n) is 10.1. The molecule has 0 aliphatic rings. The summed E-state index contributed by atoms with van der Waals surface area (Å²) in [6.45, 7) is 1.51. The summed E-state index contributed by atoms with van der Waals surface area (Å²) >= 11 is 9.20. The zero-order valence-corrected chi connectivity index (χ0v) is 20.6. The molecule has 0 saturated heterocycles. The van der Waals surface area contributed by atoms with Gasteiger partial charge in [-0.15, -0.1) is 0 Å². The molecule has 1 unspecified atom stereocenters. The summed E-state index contributed by atoms with van der Waals surface area (Å²) in [5.41, 5.74) is -3.65. The number of hydrogen-bond donors (Lipinski definition) is 0. The Morgan fingerprint density at radius 1 is 1.11 bits per heavy atom. The Kier molecular flexibility index (Phi) is 7.91. The Morgan fingerprint density at radius 3 is 2.39 bits per heavy atom. The fraction of sp³-hybridized carbons (Fsp3) is 0.167. The highest BCUT2D eigenvalue weighted by Crippen LogP contribution is 2.41.